The van der Waals surface area contributed by atoms with Crippen LogP contribution in [0.15, 0.2) is 48.7 Å². The summed E-state index contributed by atoms with van der Waals surface area (Å²) in [5, 5.41) is 4.25. The number of H-pyrrole nitrogens is 1. The summed E-state index contributed by atoms with van der Waals surface area (Å²) in [6.45, 7) is -0.395. The molecule has 0 atom stereocenters. The molecule has 1 heterocycles. The van der Waals surface area contributed by atoms with E-state index in [1.807, 2.05) is 30.5 Å². The minimum atomic E-state index is -0.500. The van der Waals surface area contributed by atoms with Crippen molar-refractivity contribution in [3.05, 3.63) is 64.3 Å². The standard InChI is InChI=1S/C19H16Cl2N2O3/c20-14-5-3-6-15(21)19(14)23-17(24)11-26-18(25)9-8-12-10-22-16-7-2-1-4-13(12)16/h1-7,10,22H,8-9,11H2,(H,23,24). The van der Waals surface area contributed by atoms with Crippen molar-refractivity contribution in [1.29, 1.82) is 0 Å². The first-order valence-corrected chi connectivity index (χ1v) is 8.74. The molecule has 1 aromatic heterocycles. The van der Waals surface area contributed by atoms with Gasteiger partial charge in [-0.25, -0.2) is 0 Å². The number of esters is 1. The molecule has 0 unspecified atom stereocenters. The highest BCUT2D eigenvalue weighted by Crippen LogP contribution is 2.29. The highest BCUT2D eigenvalue weighted by atomic mass is 35.5. The molecule has 0 bridgehead atoms. The number of benzene rings is 2. The lowest BCUT2D eigenvalue weighted by atomic mass is 10.1. The maximum Gasteiger partial charge on any atom is 0.306 e. The molecule has 0 aliphatic carbocycles. The van der Waals surface area contributed by atoms with Gasteiger partial charge in [-0.1, -0.05) is 47.5 Å². The number of aromatic amines is 1. The van der Waals surface area contributed by atoms with Crippen LogP contribution in [0.3, 0.4) is 0 Å². The van der Waals surface area contributed by atoms with E-state index in [1.165, 1.54) is 0 Å². The van der Waals surface area contributed by atoms with Gasteiger partial charge in [-0.2, -0.15) is 0 Å². The summed E-state index contributed by atoms with van der Waals surface area (Å²) in [4.78, 5) is 27.0. The largest absolute Gasteiger partial charge is 0.456 e. The topological polar surface area (TPSA) is 71.2 Å². The van der Waals surface area contributed by atoms with Crippen molar-refractivity contribution in [2.75, 3.05) is 11.9 Å². The normalized spacial score (nSPS) is 10.7. The van der Waals surface area contributed by atoms with Crippen molar-refractivity contribution in [2.45, 2.75) is 12.8 Å². The number of carbonyl (C=O) groups is 2. The van der Waals surface area contributed by atoms with Gasteiger partial charge < -0.3 is 15.0 Å². The summed E-state index contributed by atoms with van der Waals surface area (Å²) in [6.07, 6.45) is 2.59. The van der Waals surface area contributed by atoms with Crippen LogP contribution in [0.2, 0.25) is 10.0 Å². The number of fused-ring (bicyclic) bond motifs is 1. The van der Waals surface area contributed by atoms with Crippen LogP contribution in [0.5, 0.6) is 0 Å². The summed E-state index contributed by atoms with van der Waals surface area (Å²) in [6, 6.07) is 12.7. The van der Waals surface area contributed by atoms with E-state index in [0.717, 1.165) is 16.5 Å². The first-order valence-electron chi connectivity index (χ1n) is 7.99. The minimum Gasteiger partial charge on any atom is -0.456 e. The second kappa shape index (κ2) is 8.25. The molecule has 2 N–H and O–H groups in total. The fourth-order valence-electron chi connectivity index (χ4n) is 2.59. The number of rotatable bonds is 6. The maximum atomic E-state index is 11.9. The van der Waals surface area contributed by atoms with Gasteiger partial charge in [-0.3, -0.25) is 9.59 Å². The average molecular weight is 391 g/mol. The molecule has 26 heavy (non-hydrogen) atoms. The van der Waals surface area contributed by atoms with E-state index in [9.17, 15) is 9.59 Å². The van der Waals surface area contributed by atoms with Crippen LogP contribution in [0.4, 0.5) is 5.69 Å². The van der Waals surface area contributed by atoms with Gasteiger partial charge in [0.1, 0.15) is 0 Å². The molecular weight excluding hydrogens is 375 g/mol. The van der Waals surface area contributed by atoms with Gasteiger partial charge in [0.15, 0.2) is 6.61 Å². The van der Waals surface area contributed by atoms with E-state index in [-0.39, 0.29) is 6.42 Å². The number of nitrogens with one attached hydrogen (secondary N) is 2. The summed E-state index contributed by atoms with van der Waals surface area (Å²) in [5.74, 6) is -0.948. The first kappa shape index (κ1) is 18.3. The predicted molar refractivity (Wildman–Crippen MR) is 103 cm³/mol. The number of halogens is 2. The first-order chi connectivity index (χ1) is 12.5. The van der Waals surface area contributed by atoms with E-state index in [1.54, 1.807) is 18.2 Å². The fourth-order valence-corrected chi connectivity index (χ4v) is 3.08. The smallest absolute Gasteiger partial charge is 0.306 e. The predicted octanol–water partition coefficient (Wildman–Crippen LogP) is 4.59. The molecule has 0 fully saturated rings. The Morgan fingerprint density at radius 1 is 1.04 bits per heavy atom. The Morgan fingerprint density at radius 2 is 1.77 bits per heavy atom. The third-order valence-corrected chi connectivity index (χ3v) is 4.49. The van der Waals surface area contributed by atoms with E-state index in [0.29, 0.717) is 22.2 Å². The number of aryl methyl sites for hydroxylation is 1. The maximum absolute atomic E-state index is 11.9. The molecule has 0 saturated heterocycles. The number of hydrogen-bond donors (Lipinski definition) is 2. The number of amides is 1. The van der Waals surface area contributed by atoms with Crippen LogP contribution >= 0.6 is 23.2 Å². The van der Waals surface area contributed by atoms with Gasteiger partial charge in [0.2, 0.25) is 0 Å². The third kappa shape index (κ3) is 4.36. The molecule has 0 saturated carbocycles. The van der Waals surface area contributed by atoms with Crippen LogP contribution in [0.1, 0.15) is 12.0 Å². The molecule has 1 amide bonds. The summed E-state index contributed by atoms with van der Waals surface area (Å²) in [5.41, 5.74) is 2.35. The van der Waals surface area contributed by atoms with Crippen LogP contribution in [0, 0.1) is 0 Å². The Bertz CT molecular complexity index is 933. The van der Waals surface area contributed by atoms with Gasteiger partial charge >= 0.3 is 5.97 Å². The van der Waals surface area contributed by atoms with E-state index in [4.69, 9.17) is 27.9 Å². The summed E-state index contributed by atoms with van der Waals surface area (Å²) < 4.78 is 5.02. The second-order valence-corrected chi connectivity index (χ2v) is 6.48. The molecule has 0 spiro atoms. The van der Waals surface area contributed by atoms with Gasteiger partial charge in [0.25, 0.3) is 5.91 Å². The molecule has 3 rings (SSSR count). The van der Waals surface area contributed by atoms with E-state index < -0.39 is 18.5 Å². The van der Waals surface area contributed by atoms with Crippen LogP contribution in [-0.2, 0) is 20.7 Å². The summed E-state index contributed by atoms with van der Waals surface area (Å²) >= 11 is 12.0. The van der Waals surface area contributed by atoms with Gasteiger partial charge in [-0.15, -0.1) is 0 Å². The zero-order valence-electron chi connectivity index (χ0n) is 13.7. The average Bonchev–Trinajstić information content (AvgIpc) is 3.04. The number of anilines is 1. The van der Waals surface area contributed by atoms with Crippen molar-refractivity contribution in [1.82, 2.24) is 4.98 Å². The van der Waals surface area contributed by atoms with Crippen LogP contribution < -0.4 is 5.32 Å². The van der Waals surface area contributed by atoms with Crippen LogP contribution in [0.25, 0.3) is 10.9 Å². The molecule has 134 valence electrons. The molecular formula is C19H16Cl2N2O3. The number of hydrogen-bond acceptors (Lipinski definition) is 3. The van der Waals surface area contributed by atoms with E-state index >= 15 is 0 Å². The molecule has 3 aromatic rings. The number of aromatic nitrogens is 1. The van der Waals surface area contributed by atoms with Gasteiger partial charge in [-0.05, 0) is 30.2 Å². The highest BCUT2D eigenvalue weighted by Gasteiger charge is 2.13. The zero-order valence-corrected chi connectivity index (χ0v) is 15.2. The van der Waals surface area contributed by atoms with Crippen molar-refractivity contribution in [2.24, 2.45) is 0 Å². The van der Waals surface area contributed by atoms with Crippen molar-refractivity contribution in [3.8, 4) is 0 Å². The lowest BCUT2D eigenvalue weighted by Crippen LogP contribution is -2.21. The monoisotopic (exact) mass is 390 g/mol. The number of ether oxygens (including phenoxy) is 1. The van der Waals surface area contributed by atoms with E-state index in [2.05, 4.69) is 10.3 Å². The fraction of sp³-hybridized carbons (Fsp3) is 0.158. The lowest BCUT2D eigenvalue weighted by Gasteiger charge is -2.09. The van der Waals surface area contributed by atoms with Crippen LogP contribution in [-0.4, -0.2) is 23.5 Å². The Labute approximate surface area is 160 Å². The molecule has 0 aliphatic rings. The van der Waals surface area contributed by atoms with Gasteiger partial charge in [0.05, 0.1) is 15.7 Å². The third-order valence-electron chi connectivity index (χ3n) is 3.86. The second-order valence-electron chi connectivity index (χ2n) is 5.67. The molecule has 0 radical (unpaired) electrons. The Kier molecular flexibility index (Phi) is 5.81. The highest BCUT2D eigenvalue weighted by molar-refractivity contribution is 6.39. The SMILES string of the molecule is O=C(COC(=O)CCc1c[nH]c2ccccc12)Nc1c(Cl)cccc1Cl. The molecule has 0 aliphatic heterocycles. The number of para-hydroxylation sites is 2. The Balaban J connectivity index is 1.49. The zero-order chi connectivity index (χ0) is 18.5. The Morgan fingerprint density at radius 3 is 2.54 bits per heavy atom. The Hall–Kier alpha value is -2.50. The van der Waals surface area contributed by atoms with Crippen molar-refractivity contribution < 1.29 is 14.3 Å². The molecule has 2 aromatic carbocycles. The lowest BCUT2D eigenvalue weighted by molar-refractivity contribution is -0.147. The van der Waals surface area contributed by atoms with Gasteiger partial charge in [0, 0.05) is 23.5 Å². The number of carbonyl (C=O) groups excluding carboxylic acids is 2. The van der Waals surface area contributed by atoms with Crippen molar-refractivity contribution >= 4 is 51.7 Å². The van der Waals surface area contributed by atoms with Crippen molar-refractivity contribution in [3.63, 3.8) is 0 Å². The quantitative estimate of drug-likeness (QED) is 0.604. The minimum absolute atomic E-state index is 0.183. The summed E-state index contributed by atoms with van der Waals surface area (Å²) in [7, 11) is 0. The molecule has 5 nitrogen and oxygen atoms in total. The molecule has 7 heteroatoms.